The first-order valence-corrected chi connectivity index (χ1v) is 8.98. The highest BCUT2D eigenvalue weighted by Crippen LogP contribution is 2.23. The number of hydrogen-bond donors (Lipinski definition) is 0. The van der Waals surface area contributed by atoms with Gasteiger partial charge in [0.25, 0.3) is 5.91 Å². The number of ether oxygens (including phenoxy) is 1. The standard InChI is InChI=1S/C19H17ClN2O2S/c1-24-17-7-3-2-5-15(17)12-22(13-16-6-4-10-25-16)19(23)14-8-9-21-18(20)11-14/h2-11H,12-13H2,1H3. The number of thiophene rings is 1. The van der Waals surface area contributed by atoms with Crippen molar-refractivity contribution < 1.29 is 9.53 Å². The number of para-hydroxylation sites is 1. The third-order valence-corrected chi connectivity index (χ3v) is 4.81. The van der Waals surface area contributed by atoms with Crippen LogP contribution in [-0.4, -0.2) is 22.9 Å². The van der Waals surface area contributed by atoms with Crippen LogP contribution in [0.5, 0.6) is 5.75 Å². The van der Waals surface area contributed by atoms with Crippen LogP contribution in [0.3, 0.4) is 0 Å². The number of hydrogen-bond acceptors (Lipinski definition) is 4. The third kappa shape index (κ3) is 4.38. The number of benzene rings is 1. The average Bonchev–Trinajstić information content (AvgIpc) is 3.14. The second-order valence-electron chi connectivity index (χ2n) is 5.42. The number of halogens is 1. The lowest BCUT2D eigenvalue weighted by Gasteiger charge is -2.23. The first kappa shape index (κ1) is 17.5. The van der Waals surface area contributed by atoms with Crippen LogP contribution in [0.25, 0.3) is 0 Å². The van der Waals surface area contributed by atoms with Crippen molar-refractivity contribution >= 4 is 28.8 Å². The molecular formula is C19H17ClN2O2S. The van der Waals surface area contributed by atoms with Crippen LogP contribution in [0.2, 0.25) is 5.15 Å². The zero-order valence-electron chi connectivity index (χ0n) is 13.7. The minimum Gasteiger partial charge on any atom is -0.496 e. The van der Waals surface area contributed by atoms with Crippen molar-refractivity contribution in [2.45, 2.75) is 13.1 Å². The summed E-state index contributed by atoms with van der Waals surface area (Å²) in [6, 6.07) is 15.0. The van der Waals surface area contributed by atoms with Crippen molar-refractivity contribution in [2.24, 2.45) is 0 Å². The summed E-state index contributed by atoms with van der Waals surface area (Å²) >= 11 is 7.57. The Kier molecular flexibility index (Phi) is 5.68. The van der Waals surface area contributed by atoms with Crippen LogP contribution in [0.15, 0.2) is 60.1 Å². The Bertz CT molecular complexity index is 852. The van der Waals surface area contributed by atoms with Gasteiger partial charge in [-0.25, -0.2) is 4.98 Å². The number of carbonyl (C=O) groups is 1. The van der Waals surface area contributed by atoms with E-state index in [0.717, 1.165) is 16.2 Å². The van der Waals surface area contributed by atoms with Gasteiger partial charge >= 0.3 is 0 Å². The summed E-state index contributed by atoms with van der Waals surface area (Å²) in [6.07, 6.45) is 1.54. The van der Waals surface area contributed by atoms with Crippen molar-refractivity contribution in [2.75, 3.05) is 7.11 Å². The van der Waals surface area contributed by atoms with E-state index < -0.39 is 0 Å². The Morgan fingerprint density at radius 3 is 2.76 bits per heavy atom. The fourth-order valence-corrected chi connectivity index (χ4v) is 3.44. The molecule has 2 aromatic heterocycles. The van der Waals surface area contributed by atoms with Gasteiger partial charge in [0.05, 0.1) is 20.2 Å². The van der Waals surface area contributed by atoms with E-state index in [4.69, 9.17) is 16.3 Å². The number of pyridine rings is 1. The van der Waals surface area contributed by atoms with Gasteiger partial charge in [-0.3, -0.25) is 4.79 Å². The molecule has 0 aliphatic carbocycles. The molecule has 3 rings (SSSR count). The van der Waals surface area contributed by atoms with E-state index in [1.54, 1.807) is 41.7 Å². The van der Waals surface area contributed by atoms with Crippen LogP contribution in [0, 0.1) is 0 Å². The number of carbonyl (C=O) groups excluding carboxylic acids is 1. The summed E-state index contributed by atoms with van der Waals surface area (Å²) in [5.41, 5.74) is 1.47. The quantitative estimate of drug-likeness (QED) is 0.591. The molecular weight excluding hydrogens is 356 g/mol. The van der Waals surface area contributed by atoms with Gasteiger partial charge in [-0.1, -0.05) is 35.9 Å². The second kappa shape index (κ2) is 8.14. The maximum Gasteiger partial charge on any atom is 0.254 e. The van der Waals surface area contributed by atoms with E-state index >= 15 is 0 Å². The van der Waals surface area contributed by atoms with E-state index in [1.165, 1.54) is 0 Å². The summed E-state index contributed by atoms with van der Waals surface area (Å²) < 4.78 is 5.42. The Balaban J connectivity index is 1.90. The van der Waals surface area contributed by atoms with Crippen molar-refractivity contribution in [3.63, 3.8) is 0 Å². The molecule has 0 radical (unpaired) electrons. The lowest BCUT2D eigenvalue weighted by atomic mass is 10.1. The average molecular weight is 373 g/mol. The van der Waals surface area contributed by atoms with Gasteiger partial charge in [0.15, 0.2) is 0 Å². The fraction of sp³-hybridized carbons (Fsp3) is 0.158. The van der Waals surface area contributed by atoms with Crippen LogP contribution < -0.4 is 4.74 Å². The molecule has 1 aromatic carbocycles. The zero-order chi connectivity index (χ0) is 17.6. The highest BCUT2D eigenvalue weighted by atomic mass is 35.5. The number of aromatic nitrogens is 1. The minimum absolute atomic E-state index is 0.0939. The number of methoxy groups -OCH3 is 1. The first-order chi connectivity index (χ1) is 12.2. The molecule has 25 heavy (non-hydrogen) atoms. The van der Waals surface area contributed by atoms with Crippen LogP contribution >= 0.6 is 22.9 Å². The summed E-state index contributed by atoms with van der Waals surface area (Å²) in [5.74, 6) is 0.669. The van der Waals surface area contributed by atoms with Crippen LogP contribution in [-0.2, 0) is 13.1 Å². The molecule has 0 fully saturated rings. The van der Waals surface area contributed by atoms with Crippen molar-refractivity contribution in [3.8, 4) is 5.75 Å². The molecule has 0 atom stereocenters. The maximum absolute atomic E-state index is 13.0. The summed E-state index contributed by atoms with van der Waals surface area (Å²) in [7, 11) is 1.63. The Hall–Kier alpha value is -2.37. The van der Waals surface area contributed by atoms with Gasteiger partial charge in [0.2, 0.25) is 0 Å². The van der Waals surface area contributed by atoms with Gasteiger partial charge < -0.3 is 9.64 Å². The smallest absolute Gasteiger partial charge is 0.254 e. The van der Waals surface area contributed by atoms with E-state index in [1.807, 2.05) is 41.8 Å². The molecule has 0 saturated carbocycles. The van der Waals surface area contributed by atoms with Gasteiger partial charge in [-0.05, 0) is 29.6 Å². The molecule has 1 amide bonds. The van der Waals surface area contributed by atoms with E-state index in [9.17, 15) is 4.79 Å². The van der Waals surface area contributed by atoms with Crippen molar-refractivity contribution in [3.05, 3.63) is 81.3 Å². The minimum atomic E-state index is -0.0939. The van der Waals surface area contributed by atoms with Gasteiger partial charge in [0, 0.05) is 22.2 Å². The van der Waals surface area contributed by atoms with Gasteiger partial charge in [-0.15, -0.1) is 11.3 Å². The highest BCUT2D eigenvalue weighted by molar-refractivity contribution is 7.09. The molecule has 3 aromatic rings. The van der Waals surface area contributed by atoms with Crippen LogP contribution in [0.4, 0.5) is 0 Å². The molecule has 0 aliphatic heterocycles. The van der Waals surface area contributed by atoms with Crippen molar-refractivity contribution in [1.82, 2.24) is 9.88 Å². The van der Waals surface area contributed by atoms with Crippen molar-refractivity contribution in [1.29, 1.82) is 0 Å². The molecule has 0 N–H and O–H groups in total. The molecule has 0 unspecified atom stereocenters. The van der Waals surface area contributed by atoms with Gasteiger partial charge in [0.1, 0.15) is 10.9 Å². The number of nitrogens with zero attached hydrogens (tertiary/aromatic N) is 2. The molecule has 4 nitrogen and oxygen atoms in total. The largest absolute Gasteiger partial charge is 0.496 e. The molecule has 6 heteroatoms. The number of amides is 1. The van der Waals surface area contributed by atoms with E-state index in [-0.39, 0.29) is 5.91 Å². The van der Waals surface area contributed by atoms with E-state index in [2.05, 4.69) is 4.98 Å². The summed E-state index contributed by atoms with van der Waals surface area (Å²) in [6.45, 7) is 0.967. The Morgan fingerprint density at radius 1 is 1.20 bits per heavy atom. The fourth-order valence-electron chi connectivity index (χ4n) is 2.55. The highest BCUT2D eigenvalue weighted by Gasteiger charge is 2.19. The lowest BCUT2D eigenvalue weighted by molar-refractivity contribution is 0.0730. The molecule has 128 valence electrons. The molecule has 0 bridgehead atoms. The molecule has 0 aliphatic rings. The Morgan fingerprint density at radius 2 is 2.04 bits per heavy atom. The summed E-state index contributed by atoms with van der Waals surface area (Å²) in [5, 5.41) is 2.31. The number of rotatable bonds is 6. The first-order valence-electron chi connectivity index (χ1n) is 7.72. The monoisotopic (exact) mass is 372 g/mol. The zero-order valence-corrected chi connectivity index (χ0v) is 15.3. The Labute approximate surface area is 155 Å². The predicted octanol–water partition coefficient (Wildman–Crippen LogP) is 4.65. The predicted molar refractivity (Wildman–Crippen MR) is 100 cm³/mol. The maximum atomic E-state index is 13.0. The SMILES string of the molecule is COc1ccccc1CN(Cc1cccs1)C(=O)c1ccnc(Cl)c1. The topological polar surface area (TPSA) is 42.4 Å². The van der Waals surface area contributed by atoms with Gasteiger partial charge in [-0.2, -0.15) is 0 Å². The molecule has 2 heterocycles. The van der Waals surface area contributed by atoms with E-state index in [0.29, 0.717) is 23.8 Å². The second-order valence-corrected chi connectivity index (χ2v) is 6.84. The van der Waals surface area contributed by atoms with Crippen LogP contribution in [0.1, 0.15) is 20.8 Å². The third-order valence-electron chi connectivity index (χ3n) is 3.74. The lowest BCUT2D eigenvalue weighted by Crippen LogP contribution is -2.30. The normalized spacial score (nSPS) is 10.5. The summed E-state index contributed by atoms with van der Waals surface area (Å²) in [4.78, 5) is 19.9. The molecule has 0 saturated heterocycles. The molecule has 0 spiro atoms.